The molecule has 47 heavy (non-hydrogen) atoms. The number of nitriles is 1. The number of aromatic nitrogens is 2. The summed E-state index contributed by atoms with van der Waals surface area (Å²) in [5.74, 6) is -2.93. The number of hydrogen-bond donors (Lipinski definition) is 1. The number of esters is 1. The number of halogens is 1. The van der Waals surface area contributed by atoms with Gasteiger partial charge in [0.1, 0.15) is 29.6 Å². The van der Waals surface area contributed by atoms with Crippen LogP contribution >= 0.6 is 0 Å². The average molecular weight is 640 g/mol. The van der Waals surface area contributed by atoms with Gasteiger partial charge in [-0.3, -0.25) is 14.4 Å². The minimum absolute atomic E-state index is 0.0168. The van der Waals surface area contributed by atoms with Crippen LogP contribution < -0.4 is 10.3 Å². The summed E-state index contributed by atoms with van der Waals surface area (Å²) in [4.78, 5) is 53.6. The zero-order valence-electron chi connectivity index (χ0n) is 26.3. The van der Waals surface area contributed by atoms with Crippen molar-refractivity contribution in [2.45, 2.75) is 33.9 Å². The number of nitrogens with zero attached hydrogens (tertiary/aromatic N) is 5. The number of carbonyl (C=O) groups excluding carboxylic acids is 2. The van der Waals surface area contributed by atoms with E-state index in [9.17, 15) is 29.5 Å². The van der Waals surface area contributed by atoms with Crippen LogP contribution in [-0.4, -0.2) is 69.8 Å². The predicted octanol–water partition coefficient (Wildman–Crippen LogP) is 4.58. The molecule has 1 aliphatic heterocycles. The van der Waals surface area contributed by atoms with Crippen molar-refractivity contribution < 1.29 is 28.6 Å². The fraction of sp³-hybridized carbons (Fsp3) is 0.286. The Labute approximate surface area is 270 Å². The van der Waals surface area contributed by atoms with Gasteiger partial charge < -0.3 is 28.8 Å². The number of allylic oxidation sites excluding steroid dienone is 2. The monoisotopic (exact) mass is 639 g/mol. The highest BCUT2D eigenvalue weighted by Crippen LogP contribution is 2.28. The molecule has 0 aliphatic carbocycles. The summed E-state index contributed by atoms with van der Waals surface area (Å²) in [5, 5.41) is 20.2. The SMILES string of the molecule is CCOC(=O)Cn1cc(/C=C(\C#N)C(=O)N2CCN(c3cc4c(cc3F)c(=O)c(C(=O)O)cn4CC=C(C)C)CC2)c2ccccc21. The summed E-state index contributed by atoms with van der Waals surface area (Å²) >= 11 is 0. The smallest absolute Gasteiger partial charge is 0.341 e. The molecule has 242 valence electrons. The molecule has 0 atom stereocenters. The van der Waals surface area contributed by atoms with Crippen molar-refractivity contribution >= 4 is 51.4 Å². The third kappa shape index (κ3) is 6.79. The Kier molecular flexibility index (Phi) is 9.56. The van der Waals surface area contributed by atoms with E-state index < -0.39 is 34.7 Å². The molecule has 2 aromatic heterocycles. The normalized spacial score (nSPS) is 13.5. The molecule has 0 bridgehead atoms. The van der Waals surface area contributed by atoms with Crippen LogP contribution in [0.5, 0.6) is 0 Å². The van der Waals surface area contributed by atoms with Crippen LogP contribution in [0.4, 0.5) is 10.1 Å². The lowest BCUT2D eigenvalue weighted by Crippen LogP contribution is -2.49. The molecule has 0 spiro atoms. The molecule has 1 amide bonds. The lowest BCUT2D eigenvalue weighted by atomic mass is 10.1. The van der Waals surface area contributed by atoms with Crippen molar-refractivity contribution in [1.29, 1.82) is 5.26 Å². The quantitative estimate of drug-likeness (QED) is 0.122. The number of hydrogen-bond acceptors (Lipinski definition) is 7. The van der Waals surface area contributed by atoms with E-state index in [1.54, 1.807) is 33.2 Å². The molecule has 3 heterocycles. The Morgan fingerprint density at radius 1 is 1.02 bits per heavy atom. The van der Waals surface area contributed by atoms with Crippen molar-refractivity contribution in [3.05, 3.63) is 93.2 Å². The number of ether oxygens (including phenoxy) is 1. The van der Waals surface area contributed by atoms with E-state index in [0.717, 1.165) is 22.5 Å². The van der Waals surface area contributed by atoms with Crippen molar-refractivity contribution in [1.82, 2.24) is 14.0 Å². The predicted molar refractivity (Wildman–Crippen MR) is 176 cm³/mol. The van der Waals surface area contributed by atoms with Gasteiger partial charge >= 0.3 is 11.9 Å². The van der Waals surface area contributed by atoms with E-state index in [1.165, 1.54) is 17.2 Å². The molecule has 1 saturated heterocycles. The van der Waals surface area contributed by atoms with Crippen LogP contribution in [0.15, 0.2) is 70.8 Å². The molecule has 2 aromatic carbocycles. The topological polar surface area (TPSA) is 138 Å². The second-order valence-electron chi connectivity index (χ2n) is 11.4. The maximum atomic E-state index is 15.5. The number of fused-ring (bicyclic) bond motifs is 2. The van der Waals surface area contributed by atoms with Gasteiger partial charge in [0.25, 0.3) is 5.91 Å². The largest absolute Gasteiger partial charge is 0.477 e. The molecule has 1 N–H and O–H groups in total. The fourth-order valence-corrected chi connectivity index (χ4v) is 5.71. The van der Waals surface area contributed by atoms with Crippen molar-refractivity contribution in [3.63, 3.8) is 0 Å². The molecular weight excluding hydrogens is 605 g/mol. The average Bonchev–Trinajstić information content (AvgIpc) is 3.39. The molecule has 12 heteroatoms. The lowest BCUT2D eigenvalue weighted by Gasteiger charge is -2.36. The molecule has 0 saturated carbocycles. The molecule has 5 rings (SSSR count). The summed E-state index contributed by atoms with van der Waals surface area (Å²) in [7, 11) is 0. The summed E-state index contributed by atoms with van der Waals surface area (Å²) in [6, 6.07) is 12.0. The number of carboxylic acid groups (broad SMARTS) is 1. The van der Waals surface area contributed by atoms with Crippen LogP contribution in [0.2, 0.25) is 0 Å². The first kappa shape index (κ1) is 32.7. The van der Waals surface area contributed by atoms with Gasteiger partial charge in [-0.2, -0.15) is 5.26 Å². The van der Waals surface area contributed by atoms with Gasteiger partial charge in [-0.05, 0) is 45.0 Å². The van der Waals surface area contributed by atoms with Crippen LogP contribution in [0.1, 0.15) is 36.7 Å². The third-order valence-electron chi connectivity index (χ3n) is 8.06. The van der Waals surface area contributed by atoms with E-state index in [2.05, 4.69) is 0 Å². The van der Waals surface area contributed by atoms with Gasteiger partial charge in [0.05, 0.1) is 17.8 Å². The zero-order chi connectivity index (χ0) is 33.8. The maximum Gasteiger partial charge on any atom is 0.341 e. The van der Waals surface area contributed by atoms with Crippen LogP contribution in [0.3, 0.4) is 0 Å². The van der Waals surface area contributed by atoms with Gasteiger partial charge in [0.15, 0.2) is 0 Å². The summed E-state index contributed by atoms with van der Waals surface area (Å²) in [6.45, 7) is 6.99. The Morgan fingerprint density at radius 2 is 1.74 bits per heavy atom. The molecule has 1 aliphatic rings. The Hall–Kier alpha value is -5.70. The number of amides is 1. The lowest BCUT2D eigenvalue weighted by molar-refractivity contribution is -0.143. The highest BCUT2D eigenvalue weighted by molar-refractivity contribution is 6.04. The Morgan fingerprint density at radius 3 is 2.40 bits per heavy atom. The Bertz CT molecular complexity index is 2060. The first-order chi connectivity index (χ1) is 22.5. The minimum atomic E-state index is -1.39. The highest BCUT2D eigenvalue weighted by atomic mass is 19.1. The Balaban J connectivity index is 1.39. The van der Waals surface area contributed by atoms with E-state index in [4.69, 9.17) is 4.74 Å². The summed E-state index contributed by atoms with van der Waals surface area (Å²) in [5.41, 5.74) is 1.69. The van der Waals surface area contributed by atoms with Crippen molar-refractivity contribution in [2.24, 2.45) is 0 Å². The fourth-order valence-electron chi connectivity index (χ4n) is 5.71. The van der Waals surface area contributed by atoms with Gasteiger partial charge in [-0.1, -0.05) is 29.8 Å². The molecule has 0 radical (unpaired) electrons. The molecule has 4 aromatic rings. The molecular formula is C35H34FN5O6. The molecule has 1 fully saturated rings. The summed E-state index contributed by atoms with van der Waals surface area (Å²) in [6.07, 6.45) is 6.37. The summed E-state index contributed by atoms with van der Waals surface area (Å²) < 4.78 is 23.9. The van der Waals surface area contributed by atoms with E-state index in [0.29, 0.717) is 11.1 Å². The van der Waals surface area contributed by atoms with Gasteiger partial charge in [-0.25, -0.2) is 9.18 Å². The number of rotatable bonds is 9. The minimum Gasteiger partial charge on any atom is -0.477 e. The van der Waals surface area contributed by atoms with Crippen molar-refractivity contribution in [3.8, 4) is 6.07 Å². The second-order valence-corrected chi connectivity index (χ2v) is 11.4. The van der Waals surface area contributed by atoms with E-state index in [-0.39, 0.29) is 62.5 Å². The first-order valence-corrected chi connectivity index (χ1v) is 15.1. The first-order valence-electron chi connectivity index (χ1n) is 15.1. The number of carboxylic acids is 1. The van der Waals surface area contributed by atoms with Crippen LogP contribution in [0.25, 0.3) is 27.9 Å². The molecule has 11 nitrogen and oxygen atoms in total. The third-order valence-corrected chi connectivity index (χ3v) is 8.06. The number of pyridine rings is 1. The molecule has 0 unspecified atom stereocenters. The van der Waals surface area contributed by atoms with Gasteiger partial charge in [-0.15, -0.1) is 0 Å². The zero-order valence-corrected chi connectivity index (χ0v) is 26.3. The van der Waals surface area contributed by atoms with Gasteiger partial charge in [0, 0.05) is 67.0 Å². The number of carbonyl (C=O) groups is 3. The van der Waals surface area contributed by atoms with E-state index in [1.807, 2.05) is 50.3 Å². The number of para-hydroxylation sites is 1. The number of aromatic carboxylic acids is 1. The van der Waals surface area contributed by atoms with Crippen LogP contribution in [0, 0.1) is 17.1 Å². The second kappa shape index (κ2) is 13.7. The number of benzene rings is 2. The standard InChI is InChI=1S/C35H34FN5O6/c1-4-47-32(42)21-41-19-24(25-7-5-6-8-29(25)41)15-23(18-37)34(44)39-13-11-38(12-14-39)31-17-30-26(16-28(31)36)33(43)27(35(45)46)20-40(30)10-9-22(2)3/h5-9,15-17,19-20H,4,10-14,21H2,1-3H3,(H,45,46)/b23-15+. The van der Waals surface area contributed by atoms with E-state index >= 15 is 4.39 Å². The number of anilines is 1. The number of piperazine rings is 1. The van der Waals surface area contributed by atoms with Gasteiger partial charge in [0.2, 0.25) is 5.43 Å². The highest BCUT2D eigenvalue weighted by Gasteiger charge is 2.27. The van der Waals surface area contributed by atoms with Crippen LogP contribution in [-0.2, 0) is 27.4 Å². The maximum absolute atomic E-state index is 15.5. The van der Waals surface area contributed by atoms with Crippen molar-refractivity contribution in [2.75, 3.05) is 37.7 Å².